The number of halogens is 4. The number of aromatic nitrogens is 4. The van der Waals surface area contributed by atoms with Crippen molar-refractivity contribution in [2.75, 3.05) is 0 Å². The molecule has 5 aromatic rings. The van der Waals surface area contributed by atoms with E-state index in [1.807, 2.05) is 35.1 Å². The summed E-state index contributed by atoms with van der Waals surface area (Å²) >= 11 is 1.34. The Balaban J connectivity index is 1.26. The van der Waals surface area contributed by atoms with Crippen LogP contribution in [0.1, 0.15) is 49.7 Å². The van der Waals surface area contributed by atoms with Gasteiger partial charge in [-0.3, -0.25) is 4.57 Å². The summed E-state index contributed by atoms with van der Waals surface area (Å²) in [6.45, 7) is 7.73. The number of thiazole rings is 1. The molecule has 0 saturated heterocycles. The first-order valence-electron chi connectivity index (χ1n) is 14.0. The van der Waals surface area contributed by atoms with Gasteiger partial charge in [-0.2, -0.15) is 4.99 Å². The highest BCUT2D eigenvalue weighted by atomic mass is 32.1. The minimum atomic E-state index is -4.78. The summed E-state index contributed by atoms with van der Waals surface area (Å²) in [4.78, 5) is 21.9. The first-order valence-corrected chi connectivity index (χ1v) is 14.9. The van der Waals surface area contributed by atoms with Crippen LogP contribution in [-0.2, 0) is 0 Å². The number of hydrogen-bond acceptors (Lipinski definition) is 5. The predicted octanol–water partition coefficient (Wildman–Crippen LogP) is 7.83. The van der Waals surface area contributed by atoms with E-state index in [1.165, 1.54) is 46.6 Å². The lowest BCUT2D eigenvalue weighted by Crippen LogP contribution is -2.35. The number of alkyl halides is 4. The molecule has 0 aliphatic rings. The molecule has 2 aromatic heterocycles. The Morgan fingerprint density at radius 3 is 2.36 bits per heavy atom. The SMILES string of the molecule is Cc1cs/c(=N\C(=O)NC(C)C(F)c2ccc(-c3ncn(-c4ccc(OC(F)(F)F)cc4)n3)cc2)n1-c1ccccc1C(C)C. The second-order valence-electron chi connectivity index (χ2n) is 10.6. The molecule has 0 aliphatic carbocycles. The average molecular weight is 639 g/mol. The number of aryl methyl sites for hydroxylation is 1. The zero-order chi connectivity index (χ0) is 32.3. The largest absolute Gasteiger partial charge is 0.573 e. The number of amides is 2. The lowest BCUT2D eigenvalue weighted by molar-refractivity contribution is -0.274. The maximum absolute atomic E-state index is 15.4. The summed E-state index contributed by atoms with van der Waals surface area (Å²) in [5.41, 5.74) is 4.43. The van der Waals surface area contributed by atoms with Gasteiger partial charge in [0.2, 0.25) is 0 Å². The van der Waals surface area contributed by atoms with Gasteiger partial charge in [0, 0.05) is 16.6 Å². The molecule has 0 aliphatic heterocycles. The number of benzene rings is 3. The summed E-state index contributed by atoms with van der Waals surface area (Å²) in [5, 5.41) is 8.94. The van der Waals surface area contributed by atoms with E-state index in [2.05, 4.69) is 45.0 Å². The van der Waals surface area contributed by atoms with E-state index in [-0.39, 0.29) is 11.7 Å². The number of ether oxygens (including phenoxy) is 1. The molecule has 2 atom stereocenters. The summed E-state index contributed by atoms with van der Waals surface area (Å²) in [5.74, 6) is 0.258. The van der Waals surface area contributed by atoms with Crippen molar-refractivity contribution in [1.82, 2.24) is 24.6 Å². The molecule has 2 amide bonds. The topological polar surface area (TPSA) is 86.3 Å². The smallest absolute Gasteiger partial charge is 0.406 e. The molecule has 8 nitrogen and oxygen atoms in total. The number of carbonyl (C=O) groups is 1. The van der Waals surface area contributed by atoms with Crippen LogP contribution in [0.4, 0.5) is 22.4 Å². The molecule has 0 fully saturated rings. The van der Waals surface area contributed by atoms with Crippen molar-refractivity contribution in [3.8, 4) is 28.5 Å². The fourth-order valence-electron chi connectivity index (χ4n) is 4.76. The fraction of sp³-hybridized carbons (Fsp3) is 0.250. The second-order valence-corrected chi connectivity index (χ2v) is 11.5. The molecule has 45 heavy (non-hydrogen) atoms. The van der Waals surface area contributed by atoms with Crippen LogP contribution in [-0.4, -0.2) is 37.8 Å². The van der Waals surface area contributed by atoms with Crippen molar-refractivity contribution in [2.24, 2.45) is 4.99 Å². The molecule has 0 spiro atoms. The zero-order valence-corrected chi connectivity index (χ0v) is 25.6. The highest BCUT2D eigenvalue weighted by Gasteiger charge is 2.31. The molecular formula is C32H30F4N6O2S. The van der Waals surface area contributed by atoms with Crippen molar-refractivity contribution in [3.05, 3.63) is 106 Å². The van der Waals surface area contributed by atoms with Crippen LogP contribution < -0.4 is 14.9 Å². The van der Waals surface area contributed by atoms with Gasteiger partial charge in [-0.05, 0) is 61.2 Å². The molecule has 1 N–H and O–H groups in total. The second kappa shape index (κ2) is 13.1. The maximum atomic E-state index is 15.4. The molecule has 0 bridgehead atoms. The van der Waals surface area contributed by atoms with Crippen LogP contribution >= 0.6 is 11.3 Å². The Bertz CT molecular complexity index is 1840. The number of urea groups is 1. The van der Waals surface area contributed by atoms with E-state index in [1.54, 1.807) is 31.2 Å². The quantitative estimate of drug-likeness (QED) is 0.176. The van der Waals surface area contributed by atoms with Gasteiger partial charge in [-0.1, -0.05) is 56.3 Å². The van der Waals surface area contributed by atoms with E-state index < -0.39 is 24.6 Å². The zero-order valence-electron chi connectivity index (χ0n) is 24.8. The lowest BCUT2D eigenvalue weighted by Gasteiger charge is -2.18. The van der Waals surface area contributed by atoms with Gasteiger partial charge in [-0.15, -0.1) is 29.6 Å². The third-order valence-electron chi connectivity index (χ3n) is 6.98. The van der Waals surface area contributed by atoms with Crippen LogP contribution in [0.15, 0.2) is 89.5 Å². The van der Waals surface area contributed by atoms with Crippen LogP contribution in [0.2, 0.25) is 0 Å². The van der Waals surface area contributed by atoms with E-state index in [4.69, 9.17) is 0 Å². The number of hydrogen-bond donors (Lipinski definition) is 1. The molecular weight excluding hydrogens is 608 g/mol. The number of para-hydroxylation sites is 1. The molecule has 13 heteroatoms. The van der Waals surface area contributed by atoms with Gasteiger partial charge < -0.3 is 10.1 Å². The first kappa shape index (κ1) is 31.6. The molecule has 2 heterocycles. The van der Waals surface area contributed by atoms with Gasteiger partial charge in [0.15, 0.2) is 10.6 Å². The lowest BCUT2D eigenvalue weighted by atomic mass is 10.0. The fourth-order valence-corrected chi connectivity index (χ4v) is 5.62. The first-order chi connectivity index (χ1) is 21.4. The monoisotopic (exact) mass is 638 g/mol. The van der Waals surface area contributed by atoms with E-state index >= 15 is 4.39 Å². The van der Waals surface area contributed by atoms with Crippen molar-refractivity contribution in [3.63, 3.8) is 0 Å². The summed E-state index contributed by atoms with van der Waals surface area (Å²) in [7, 11) is 0. The summed E-state index contributed by atoms with van der Waals surface area (Å²) < 4.78 is 59.9. The molecule has 3 aromatic carbocycles. The number of nitrogens with zero attached hydrogens (tertiary/aromatic N) is 5. The normalized spacial score (nSPS) is 13.6. The van der Waals surface area contributed by atoms with E-state index in [9.17, 15) is 18.0 Å². The van der Waals surface area contributed by atoms with Gasteiger partial charge >= 0.3 is 12.4 Å². The Morgan fingerprint density at radius 2 is 1.69 bits per heavy atom. The Hall–Kier alpha value is -4.78. The minimum Gasteiger partial charge on any atom is -0.406 e. The standard InChI is InChI=1S/C32H30F4N6O2S/c1-19(2)26-7-5-6-8-27(26)42-20(3)17-45-31(42)39-30(43)38-21(4)28(33)22-9-11-23(12-10-22)29-37-18-41(40-29)24-13-15-25(16-14-24)44-32(34,35)36/h5-19,21,28H,1-4H3,(H,38,43)/b39-31-. The molecule has 0 saturated carbocycles. The Morgan fingerprint density at radius 1 is 1.00 bits per heavy atom. The minimum absolute atomic E-state index is 0.266. The van der Waals surface area contributed by atoms with Crippen molar-refractivity contribution >= 4 is 17.4 Å². The Kier molecular flexibility index (Phi) is 9.19. The van der Waals surface area contributed by atoms with Crippen molar-refractivity contribution in [2.45, 2.75) is 52.2 Å². The van der Waals surface area contributed by atoms with Crippen LogP contribution in [0, 0.1) is 6.92 Å². The van der Waals surface area contributed by atoms with Crippen LogP contribution in [0.3, 0.4) is 0 Å². The average Bonchev–Trinajstić information content (AvgIpc) is 3.63. The molecule has 5 rings (SSSR count). The van der Waals surface area contributed by atoms with Gasteiger partial charge in [0.25, 0.3) is 0 Å². The number of nitrogens with one attached hydrogen (secondary N) is 1. The van der Waals surface area contributed by atoms with Gasteiger partial charge in [0.05, 0.1) is 17.4 Å². The highest BCUT2D eigenvalue weighted by molar-refractivity contribution is 7.07. The summed E-state index contributed by atoms with van der Waals surface area (Å²) in [6.07, 6.45) is -4.87. The number of rotatable bonds is 8. The predicted molar refractivity (Wildman–Crippen MR) is 163 cm³/mol. The Labute approximate surface area is 260 Å². The van der Waals surface area contributed by atoms with Crippen molar-refractivity contribution in [1.29, 1.82) is 0 Å². The molecule has 0 radical (unpaired) electrons. The van der Waals surface area contributed by atoms with Gasteiger partial charge in [0.1, 0.15) is 18.2 Å². The number of carbonyl (C=O) groups excluding carboxylic acids is 1. The highest BCUT2D eigenvalue weighted by Crippen LogP contribution is 2.27. The van der Waals surface area contributed by atoms with E-state index in [0.717, 1.165) is 16.9 Å². The van der Waals surface area contributed by atoms with Crippen LogP contribution in [0.5, 0.6) is 5.75 Å². The third kappa shape index (κ3) is 7.48. The van der Waals surface area contributed by atoms with Crippen LogP contribution in [0.25, 0.3) is 22.8 Å². The van der Waals surface area contributed by atoms with E-state index in [0.29, 0.717) is 27.4 Å². The van der Waals surface area contributed by atoms with Crippen molar-refractivity contribution < 1.29 is 27.1 Å². The van der Waals surface area contributed by atoms with Gasteiger partial charge in [-0.25, -0.2) is 18.9 Å². The molecule has 2 unspecified atom stereocenters. The third-order valence-corrected chi connectivity index (χ3v) is 7.92. The molecule has 234 valence electrons. The maximum Gasteiger partial charge on any atom is 0.573 e. The summed E-state index contributed by atoms with van der Waals surface area (Å²) in [6, 6.07) is 18.1.